The summed E-state index contributed by atoms with van der Waals surface area (Å²) in [6.07, 6.45) is 0. The number of hydrogen-bond acceptors (Lipinski definition) is 3. The van der Waals surface area contributed by atoms with E-state index in [2.05, 4.69) is 0 Å². The predicted octanol–water partition coefficient (Wildman–Crippen LogP) is 4.72. The van der Waals surface area contributed by atoms with E-state index in [1.807, 2.05) is 0 Å². The van der Waals surface area contributed by atoms with Crippen molar-refractivity contribution >= 4 is 44.9 Å². The zero-order valence-corrected chi connectivity index (χ0v) is 13.3. The molecular formula is C13H9Cl3O3S. The van der Waals surface area contributed by atoms with Crippen LogP contribution in [0, 0.1) is 6.92 Å². The third kappa shape index (κ3) is 3.38. The van der Waals surface area contributed by atoms with Gasteiger partial charge in [0.25, 0.3) is 0 Å². The van der Waals surface area contributed by atoms with Crippen molar-refractivity contribution in [3.63, 3.8) is 0 Å². The lowest BCUT2D eigenvalue weighted by Gasteiger charge is -2.09. The third-order valence-electron chi connectivity index (χ3n) is 2.51. The molecule has 0 amide bonds. The van der Waals surface area contributed by atoms with Crippen LogP contribution in [-0.4, -0.2) is 8.42 Å². The van der Waals surface area contributed by atoms with Crippen LogP contribution in [0.15, 0.2) is 41.3 Å². The van der Waals surface area contributed by atoms with Gasteiger partial charge in [0.05, 0.1) is 5.02 Å². The molecule has 0 heterocycles. The van der Waals surface area contributed by atoms with E-state index in [9.17, 15) is 8.42 Å². The van der Waals surface area contributed by atoms with Crippen molar-refractivity contribution in [2.75, 3.05) is 0 Å². The Morgan fingerprint density at radius 2 is 1.60 bits per heavy atom. The van der Waals surface area contributed by atoms with Crippen molar-refractivity contribution in [3.05, 3.63) is 57.0 Å². The molecule has 0 bridgehead atoms. The molecular weight excluding hydrogens is 343 g/mol. The van der Waals surface area contributed by atoms with E-state index in [0.29, 0.717) is 15.6 Å². The molecule has 106 valence electrons. The molecule has 0 N–H and O–H groups in total. The molecule has 0 aliphatic rings. The van der Waals surface area contributed by atoms with Gasteiger partial charge in [-0.1, -0.05) is 34.8 Å². The zero-order chi connectivity index (χ0) is 14.9. The van der Waals surface area contributed by atoms with E-state index in [1.165, 1.54) is 36.4 Å². The molecule has 2 rings (SSSR count). The highest BCUT2D eigenvalue weighted by Crippen LogP contribution is 2.30. The molecule has 0 aromatic heterocycles. The maximum Gasteiger partial charge on any atom is 0.339 e. The van der Waals surface area contributed by atoms with E-state index < -0.39 is 10.1 Å². The Morgan fingerprint density at radius 3 is 2.25 bits per heavy atom. The van der Waals surface area contributed by atoms with Crippen molar-refractivity contribution in [3.8, 4) is 5.75 Å². The Bertz CT molecular complexity index is 757. The van der Waals surface area contributed by atoms with Gasteiger partial charge < -0.3 is 4.18 Å². The summed E-state index contributed by atoms with van der Waals surface area (Å²) in [5.74, 6) is -0.0215. The number of aryl methyl sites for hydroxylation is 1. The summed E-state index contributed by atoms with van der Waals surface area (Å²) in [6, 6.07) is 8.62. The highest BCUT2D eigenvalue weighted by atomic mass is 35.5. The summed E-state index contributed by atoms with van der Waals surface area (Å²) in [5.41, 5.74) is 0.633. The van der Waals surface area contributed by atoms with Gasteiger partial charge in [0.15, 0.2) is 5.75 Å². The first-order valence-corrected chi connectivity index (χ1v) is 7.99. The average Bonchev–Trinajstić information content (AvgIpc) is 2.36. The molecule has 0 fully saturated rings. The highest BCUT2D eigenvalue weighted by molar-refractivity contribution is 7.87. The second-order valence-electron chi connectivity index (χ2n) is 4.02. The maximum atomic E-state index is 12.2. The van der Waals surface area contributed by atoms with Crippen LogP contribution < -0.4 is 4.18 Å². The predicted molar refractivity (Wildman–Crippen MR) is 80.5 cm³/mol. The summed E-state index contributed by atoms with van der Waals surface area (Å²) >= 11 is 17.5. The summed E-state index contributed by atoms with van der Waals surface area (Å²) in [5, 5.41) is 0.959. The summed E-state index contributed by atoms with van der Waals surface area (Å²) in [7, 11) is -3.99. The fourth-order valence-corrected chi connectivity index (χ4v) is 2.99. The van der Waals surface area contributed by atoms with Crippen LogP contribution in [0.25, 0.3) is 0 Å². The van der Waals surface area contributed by atoms with Crippen molar-refractivity contribution in [2.24, 2.45) is 0 Å². The Morgan fingerprint density at radius 1 is 0.950 bits per heavy atom. The lowest BCUT2D eigenvalue weighted by molar-refractivity contribution is 0.486. The Balaban J connectivity index is 2.40. The Labute approximate surface area is 132 Å². The van der Waals surface area contributed by atoms with Gasteiger partial charge in [-0.3, -0.25) is 0 Å². The molecule has 0 aliphatic heterocycles. The zero-order valence-electron chi connectivity index (χ0n) is 10.2. The van der Waals surface area contributed by atoms with Gasteiger partial charge >= 0.3 is 10.1 Å². The first kappa shape index (κ1) is 15.4. The van der Waals surface area contributed by atoms with Crippen LogP contribution in [-0.2, 0) is 10.1 Å². The quantitative estimate of drug-likeness (QED) is 0.751. The van der Waals surface area contributed by atoms with Crippen LogP contribution >= 0.6 is 34.8 Å². The van der Waals surface area contributed by atoms with Crippen LogP contribution in [0.3, 0.4) is 0 Å². The first-order valence-electron chi connectivity index (χ1n) is 5.45. The van der Waals surface area contributed by atoms with Gasteiger partial charge in [-0.15, -0.1) is 0 Å². The molecule has 2 aromatic rings. The molecule has 2 aromatic carbocycles. The average molecular weight is 352 g/mol. The lowest BCUT2D eigenvalue weighted by atomic mass is 10.2. The molecule has 0 saturated heterocycles. The van der Waals surface area contributed by atoms with Crippen LogP contribution in [0.4, 0.5) is 0 Å². The van der Waals surface area contributed by atoms with E-state index in [-0.39, 0.29) is 15.7 Å². The fraction of sp³-hybridized carbons (Fsp3) is 0.0769. The Kier molecular flexibility index (Phi) is 4.49. The van der Waals surface area contributed by atoms with Crippen molar-refractivity contribution in [1.82, 2.24) is 0 Å². The molecule has 0 saturated carbocycles. The van der Waals surface area contributed by atoms with E-state index in [0.717, 1.165) is 0 Å². The SMILES string of the molecule is Cc1cc(S(=O)(=O)Oc2cc(Cl)ccc2Cl)ccc1Cl. The molecule has 20 heavy (non-hydrogen) atoms. The largest absolute Gasteiger partial charge is 0.377 e. The molecule has 0 atom stereocenters. The Hall–Kier alpha value is -0.940. The van der Waals surface area contributed by atoms with E-state index in [4.69, 9.17) is 39.0 Å². The minimum absolute atomic E-state index is 0.00422. The normalized spacial score (nSPS) is 11.4. The number of benzene rings is 2. The number of halogens is 3. The molecule has 0 aliphatic carbocycles. The van der Waals surface area contributed by atoms with Gasteiger partial charge in [0, 0.05) is 16.1 Å². The number of hydrogen-bond donors (Lipinski definition) is 0. The monoisotopic (exact) mass is 350 g/mol. The van der Waals surface area contributed by atoms with Crippen molar-refractivity contribution in [2.45, 2.75) is 11.8 Å². The van der Waals surface area contributed by atoms with Crippen molar-refractivity contribution in [1.29, 1.82) is 0 Å². The summed E-state index contributed by atoms with van der Waals surface area (Å²) in [6.45, 7) is 1.70. The molecule has 0 radical (unpaired) electrons. The highest BCUT2D eigenvalue weighted by Gasteiger charge is 2.19. The first-order chi connectivity index (χ1) is 9.29. The molecule has 0 unspecified atom stereocenters. The standard InChI is InChI=1S/C13H9Cl3O3S/c1-8-6-10(3-5-11(8)15)20(17,18)19-13-7-9(14)2-4-12(13)16/h2-7H,1H3. The van der Waals surface area contributed by atoms with Crippen molar-refractivity contribution < 1.29 is 12.6 Å². The third-order valence-corrected chi connectivity index (χ3v) is 4.71. The molecule has 7 heteroatoms. The van der Waals surface area contributed by atoms with Crippen LogP contribution in [0.1, 0.15) is 5.56 Å². The van der Waals surface area contributed by atoms with Gasteiger partial charge in [-0.25, -0.2) is 0 Å². The van der Waals surface area contributed by atoms with Crippen LogP contribution in [0.5, 0.6) is 5.75 Å². The summed E-state index contributed by atoms with van der Waals surface area (Å²) < 4.78 is 29.3. The van der Waals surface area contributed by atoms with Gasteiger partial charge in [-0.05, 0) is 42.8 Å². The lowest BCUT2D eigenvalue weighted by Crippen LogP contribution is -2.10. The second-order valence-corrected chi connectivity index (χ2v) is 6.82. The van der Waals surface area contributed by atoms with E-state index >= 15 is 0 Å². The summed E-state index contributed by atoms with van der Waals surface area (Å²) in [4.78, 5) is -0.00422. The number of rotatable bonds is 3. The minimum Gasteiger partial charge on any atom is -0.377 e. The smallest absolute Gasteiger partial charge is 0.339 e. The second kappa shape index (κ2) is 5.82. The van der Waals surface area contributed by atoms with E-state index in [1.54, 1.807) is 6.92 Å². The molecule has 0 spiro atoms. The van der Waals surface area contributed by atoms with Gasteiger partial charge in [-0.2, -0.15) is 8.42 Å². The topological polar surface area (TPSA) is 43.4 Å². The van der Waals surface area contributed by atoms with Gasteiger partial charge in [0.1, 0.15) is 4.90 Å². The van der Waals surface area contributed by atoms with Gasteiger partial charge in [0.2, 0.25) is 0 Å². The fourth-order valence-electron chi connectivity index (χ4n) is 1.48. The maximum absolute atomic E-state index is 12.2. The van der Waals surface area contributed by atoms with Crippen LogP contribution in [0.2, 0.25) is 15.1 Å². The minimum atomic E-state index is -3.99. The molecule has 3 nitrogen and oxygen atoms in total.